The SMILES string of the molecule is CC(C)(Nc1cc(C(=O)O)ccc1[N+](=O)[O-])c1nccs1. The number of thiazole rings is 1. The predicted octanol–water partition coefficient (Wildman–Crippen LogP) is 3.10. The molecule has 0 amide bonds. The molecule has 0 saturated heterocycles. The summed E-state index contributed by atoms with van der Waals surface area (Å²) in [5.74, 6) is -1.14. The minimum Gasteiger partial charge on any atom is -0.478 e. The Labute approximate surface area is 124 Å². The van der Waals surface area contributed by atoms with Crippen LogP contribution in [0.5, 0.6) is 0 Å². The molecule has 0 aliphatic heterocycles. The highest BCUT2D eigenvalue weighted by Gasteiger charge is 2.27. The number of aromatic nitrogens is 1. The van der Waals surface area contributed by atoms with E-state index in [0.717, 1.165) is 5.01 Å². The third-order valence-corrected chi connectivity index (χ3v) is 3.95. The van der Waals surface area contributed by atoms with Crippen LogP contribution in [-0.4, -0.2) is 21.0 Å². The van der Waals surface area contributed by atoms with E-state index in [1.165, 1.54) is 29.5 Å². The molecule has 7 nitrogen and oxygen atoms in total. The van der Waals surface area contributed by atoms with E-state index in [2.05, 4.69) is 10.3 Å². The van der Waals surface area contributed by atoms with Gasteiger partial charge in [-0.2, -0.15) is 0 Å². The molecule has 2 rings (SSSR count). The number of carboxylic acids is 1. The number of anilines is 1. The molecule has 0 atom stereocenters. The fraction of sp³-hybridized carbons (Fsp3) is 0.231. The first-order valence-electron chi connectivity index (χ1n) is 6.01. The van der Waals surface area contributed by atoms with Crippen molar-refractivity contribution in [3.05, 3.63) is 50.5 Å². The van der Waals surface area contributed by atoms with Gasteiger partial charge in [0.05, 0.1) is 16.0 Å². The fourth-order valence-electron chi connectivity index (χ4n) is 1.85. The van der Waals surface area contributed by atoms with Crippen LogP contribution >= 0.6 is 11.3 Å². The van der Waals surface area contributed by atoms with E-state index in [4.69, 9.17) is 5.11 Å². The first-order valence-corrected chi connectivity index (χ1v) is 6.89. The van der Waals surface area contributed by atoms with E-state index in [1.807, 2.05) is 13.8 Å². The van der Waals surface area contributed by atoms with Crippen molar-refractivity contribution in [3.63, 3.8) is 0 Å². The lowest BCUT2D eigenvalue weighted by Crippen LogP contribution is -2.28. The maximum absolute atomic E-state index is 11.1. The Bertz CT molecular complexity index is 683. The second-order valence-electron chi connectivity index (χ2n) is 4.88. The van der Waals surface area contributed by atoms with E-state index in [0.29, 0.717) is 0 Å². The molecule has 2 N–H and O–H groups in total. The normalized spacial score (nSPS) is 11.1. The summed E-state index contributed by atoms with van der Waals surface area (Å²) >= 11 is 1.41. The van der Waals surface area contributed by atoms with Gasteiger partial charge in [-0.05, 0) is 26.0 Å². The Hall–Kier alpha value is -2.48. The highest BCUT2D eigenvalue weighted by molar-refractivity contribution is 7.09. The van der Waals surface area contributed by atoms with Crippen molar-refractivity contribution in [1.82, 2.24) is 4.98 Å². The highest BCUT2D eigenvalue weighted by Crippen LogP contribution is 2.33. The number of hydrogen-bond donors (Lipinski definition) is 2. The third-order valence-electron chi connectivity index (χ3n) is 2.85. The number of nitrogens with zero attached hydrogens (tertiary/aromatic N) is 2. The van der Waals surface area contributed by atoms with Gasteiger partial charge < -0.3 is 10.4 Å². The highest BCUT2D eigenvalue weighted by atomic mass is 32.1. The Morgan fingerprint density at radius 1 is 1.48 bits per heavy atom. The molecule has 8 heteroatoms. The standard InChI is InChI=1S/C13H13N3O4S/c1-13(2,12-14-5-6-21-12)15-9-7-8(11(17)18)3-4-10(9)16(19)20/h3-7,15H,1-2H3,(H,17,18). The lowest BCUT2D eigenvalue weighted by molar-refractivity contribution is -0.384. The molecule has 1 aromatic carbocycles. The number of nitrogens with one attached hydrogen (secondary N) is 1. The zero-order valence-electron chi connectivity index (χ0n) is 11.4. The summed E-state index contributed by atoms with van der Waals surface area (Å²) in [6, 6.07) is 3.65. The number of nitro benzene ring substituents is 1. The number of carboxylic acid groups (broad SMARTS) is 1. The van der Waals surface area contributed by atoms with Crippen LogP contribution in [0.1, 0.15) is 29.2 Å². The van der Waals surface area contributed by atoms with Gasteiger partial charge in [-0.1, -0.05) is 0 Å². The summed E-state index contributed by atoms with van der Waals surface area (Å²) in [6.07, 6.45) is 1.64. The molecule has 1 aromatic heterocycles. The largest absolute Gasteiger partial charge is 0.478 e. The van der Waals surface area contributed by atoms with Gasteiger partial charge in [-0.25, -0.2) is 9.78 Å². The maximum atomic E-state index is 11.1. The second-order valence-corrected chi connectivity index (χ2v) is 5.78. The number of benzene rings is 1. The quantitative estimate of drug-likeness (QED) is 0.649. The minimum atomic E-state index is -1.14. The molecule has 0 bridgehead atoms. The summed E-state index contributed by atoms with van der Waals surface area (Å²) in [7, 11) is 0. The molecule has 0 aliphatic rings. The van der Waals surface area contributed by atoms with Crippen LogP contribution in [0.2, 0.25) is 0 Å². The fourth-order valence-corrected chi connectivity index (χ4v) is 2.57. The Morgan fingerprint density at radius 2 is 2.19 bits per heavy atom. The topological polar surface area (TPSA) is 105 Å². The van der Waals surface area contributed by atoms with E-state index >= 15 is 0 Å². The molecular formula is C13H13N3O4S. The van der Waals surface area contributed by atoms with Gasteiger partial charge in [0.2, 0.25) is 0 Å². The van der Waals surface area contributed by atoms with Gasteiger partial charge in [-0.3, -0.25) is 10.1 Å². The van der Waals surface area contributed by atoms with E-state index in [1.54, 1.807) is 11.6 Å². The molecule has 110 valence electrons. The smallest absolute Gasteiger partial charge is 0.335 e. The van der Waals surface area contributed by atoms with Crippen LogP contribution in [-0.2, 0) is 5.54 Å². The van der Waals surface area contributed by atoms with Crippen LogP contribution in [0.3, 0.4) is 0 Å². The summed E-state index contributed by atoms with van der Waals surface area (Å²) < 4.78 is 0. The molecular weight excluding hydrogens is 294 g/mol. The van der Waals surface area contributed by atoms with Gasteiger partial charge >= 0.3 is 5.97 Å². The van der Waals surface area contributed by atoms with Gasteiger partial charge in [-0.15, -0.1) is 11.3 Å². The monoisotopic (exact) mass is 307 g/mol. The summed E-state index contributed by atoms with van der Waals surface area (Å²) in [6.45, 7) is 3.64. The third kappa shape index (κ3) is 3.16. The van der Waals surface area contributed by atoms with Crippen molar-refractivity contribution in [2.75, 3.05) is 5.32 Å². The number of hydrogen-bond acceptors (Lipinski definition) is 6. The summed E-state index contributed by atoms with van der Waals surface area (Å²) in [5.41, 5.74) is -0.696. The summed E-state index contributed by atoms with van der Waals surface area (Å²) in [4.78, 5) is 25.7. The predicted molar refractivity (Wildman–Crippen MR) is 78.8 cm³/mol. The first-order chi connectivity index (χ1) is 9.81. The minimum absolute atomic E-state index is 0.0157. The first kappa shape index (κ1) is 14.9. The Balaban J connectivity index is 2.44. The maximum Gasteiger partial charge on any atom is 0.335 e. The molecule has 0 radical (unpaired) electrons. The van der Waals surface area contributed by atoms with Crippen molar-refractivity contribution >= 4 is 28.7 Å². The van der Waals surface area contributed by atoms with Crippen molar-refractivity contribution in [2.45, 2.75) is 19.4 Å². The van der Waals surface area contributed by atoms with Crippen LogP contribution < -0.4 is 5.32 Å². The zero-order valence-corrected chi connectivity index (χ0v) is 12.2. The number of nitro groups is 1. The van der Waals surface area contributed by atoms with Crippen LogP contribution in [0.4, 0.5) is 11.4 Å². The average molecular weight is 307 g/mol. The lowest BCUT2D eigenvalue weighted by atomic mass is 10.0. The molecule has 1 heterocycles. The Morgan fingerprint density at radius 3 is 2.71 bits per heavy atom. The lowest BCUT2D eigenvalue weighted by Gasteiger charge is -2.25. The Kier molecular flexibility index (Phi) is 3.90. The van der Waals surface area contributed by atoms with E-state index < -0.39 is 16.4 Å². The van der Waals surface area contributed by atoms with Crippen molar-refractivity contribution in [1.29, 1.82) is 0 Å². The second kappa shape index (κ2) is 5.49. The number of rotatable bonds is 5. The average Bonchev–Trinajstić information content (AvgIpc) is 2.92. The number of aromatic carboxylic acids is 1. The summed E-state index contributed by atoms with van der Waals surface area (Å²) in [5, 5.41) is 25.7. The van der Waals surface area contributed by atoms with Crippen LogP contribution in [0, 0.1) is 10.1 Å². The molecule has 0 saturated carbocycles. The molecule has 0 unspecified atom stereocenters. The number of carbonyl (C=O) groups is 1. The van der Waals surface area contributed by atoms with Gasteiger partial charge in [0.25, 0.3) is 5.69 Å². The molecule has 0 fully saturated rings. The van der Waals surface area contributed by atoms with Crippen molar-refractivity contribution in [2.24, 2.45) is 0 Å². The van der Waals surface area contributed by atoms with Crippen molar-refractivity contribution < 1.29 is 14.8 Å². The molecule has 21 heavy (non-hydrogen) atoms. The van der Waals surface area contributed by atoms with E-state index in [-0.39, 0.29) is 16.9 Å². The molecule has 0 aliphatic carbocycles. The molecule has 2 aromatic rings. The van der Waals surface area contributed by atoms with Crippen LogP contribution in [0.25, 0.3) is 0 Å². The van der Waals surface area contributed by atoms with Crippen LogP contribution in [0.15, 0.2) is 29.8 Å². The van der Waals surface area contributed by atoms with E-state index in [9.17, 15) is 14.9 Å². The zero-order chi connectivity index (χ0) is 15.6. The van der Waals surface area contributed by atoms with Gasteiger partial charge in [0.15, 0.2) is 0 Å². The van der Waals surface area contributed by atoms with Gasteiger partial charge in [0, 0.05) is 17.6 Å². The molecule has 0 spiro atoms. The van der Waals surface area contributed by atoms with Crippen molar-refractivity contribution in [3.8, 4) is 0 Å². The van der Waals surface area contributed by atoms with Gasteiger partial charge in [0.1, 0.15) is 10.7 Å².